The minimum absolute atomic E-state index is 0.0442. The van der Waals surface area contributed by atoms with Gasteiger partial charge in [0.25, 0.3) is 0 Å². The number of nitrogens with one attached hydrogen (secondary N) is 3. The fourth-order valence-electron chi connectivity index (χ4n) is 2.16. The fraction of sp³-hybridized carbons (Fsp3) is 0.786. The summed E-state index contributed by atoms with van der Waals surface area (Å²) in [6, 6.07) is 0. The first-order valence-corrected chi connectivity index (χ1v) is 9.74. The topological polar surface area (TPSA) is 135 Å². The second-order valence-corrected chi connectivity index (χ2v) is 8.43. The number of ether oxygens (including phenoxy) is 1. The first-order chi connectivity index (χ1) is 11.6. The molecule has 1 aliphatic heterocycles. The summed E-state index contributed by atoms with van der Waals surface area (Å²) in [5.41, 5.74) is -0.659. The average Bonchev–Trinajstić information content (AvgIpc) is 2.54. The number of hydrogen-bond acceptors (Lipinski definition) is 8. The Bertz CT molecular complexity index is 503. The maximum atomic E-state index is 12.4. The van der Waals surface area contributed by atoms with Crippen LogP contribution < -0.4 is 15.7 Å². The SMILES string of the molecule is COC(=O)CCNC(=O)[C@@H]1O[PH](O)(NCCNC(C)=O)OCC1(C)C. The quantitative estimate of drug-likeness (QED) is 0.245. The van der Waals surface area contributed by atoms with Crippen LogP contribution in [0.1, 0.15) is 27.2 Å². The summed E-state index contributed by atoms with van der Waals surface area (Å²) >= 11 is 0. The van der Waals surface area contributed by atoms with E-state index in [1.54, 1.807) is 13.8 Å². The molecule has 25 heavy (non-hydrogen) atoms. The molecule has 0 unspecified atom stereocenters. The van der Waals surface area contributed by atoms with E-state index < -0.39 is 31.5 Å². The van der Waals surface area contributed by atoms with Crippen LogP contribution in [0, 0.1) is 5.41 Å². The van der Waals surface area contributed by atoms with Crippen molar-refractivity contribution in [3.8, 4) is 0 Å². The van der Waals surface area contributed by atoms with E-state index in [2.05, 4.69) is 20.5 Å². The summed E-state index contributed by atoms with van der Waals surface area (Å²) in [5, 5.41) is 7.91. The van der Waals surface area contributed by atoms with Gasteiger partial charge < -0.3 is 0 Å². The maximum absolute atomic E-state index is 12.4. The van der Waals surface area contributed by atoms with Crippen molar-refractivity contribution in [3.05, 3.63) is 0 Å². The van der Waals surface area contributed by atoms with Gasteiger partial charge in [0.2, 0.25) is 0 Å². The van der Waals surface area contributed by atoms with Gasteiger partial charge >= 0.3 is 147 Å². The van der Waals surface area contributed by atoms with E-state index >= 15 is 0 Å². The van der Waals surface area contributed by atoms with E-state index in [4.69, 9.17) is 9.05 Å². The van der Waals surface area contributed by atoms with Crippen molar-refractivity contribution in [1.29, 1.82) is 0 Å². The summed E-state index contributed by atoms with van der Waals surface area (Å²) < 4.78 is 15.5. The van der Waals surface area contributed by atoms with Gasteiger partial charge in [-0.1, -0.05) is 0 Å². The van der Waals surface area contributed by atoms with Gasteiger partial charge in [0.05, 0.1) is 0 Å². The number of esters is 1. The fourth-order valence-corrected chi connectivity index (χ4v) is 4.16. The van der Waals surface area contributed by atoms with Gasteiger partial charge in [-0.15, -0.1) is 0 Å². The molecule has 1 heterocycles. The molecule has 0 aromatic rings. The average molecular weight is 381 g/mol. The van der Waals surface area contributed by atoms with Crippen molar-refractivity contribution in [1.82, 2.24) is 15.7 Å². The molecule has 1 atom stereocenters. The monoisotopic (exact) mass is 381 g/mol. The number of carbonyl (C=O) groups excluding carboxylic acids is 3. The van der Waals surface area contributed by atoms with Crippen molar-refractivity contribution in [2.75, 3.05) is 33.4 Å². The van der Waals surface area contributed by atoms with E-state index in [1.807, 2.05) is 0 Å². The van der Waals surface area contributed by atoms with Crippen LogP contribution in [0.2, 0.25) is 0 Å². The first kappa shape index (κ1) is 21.7. The minimum atomic E-state index is -3.74. The predicted molar refractivity (Wildman–Crippen MR) is 91.5 cm³/mol. The van der Waals surface area contributed by atoms with E-state index in [0.717, 1.165) is 0 Å². The van der Waals surface area contributed by atoms with Crippen LogP contribution in [0.15, 0.2) is 0 Å². The van der Waals surface area contributed by atoms with Crippen molar-refractivity contribution in [2.45, 2.75) is 33.3 Å². The van der Waals surface area contributed by atoms with Crippen molar-refractivity contribution < 1.29 is 33.1 Å². The van der Waals surface area contributed by atoms with Gasteiger partial charge in [-0.2, -0.15) is 0 Å². The molecule has 146 valence electrons. The van der Waals surface area contributed by atoms with E-state index in [9.17, 15) is 19.3 Å². The standard InChI is InChI=1S/C14H28N3O7P/c1-10(18)15-7-8-17-25(21)23-9-14(2,3)12(24-25)13(20)16-6-5-11(19)22-4/h12,17,21,25H,5-9H2,1-4H3,(H,15,18)(H,16,20)/t12-/m0/s1. The van der Waals surface area contributed by atoms with Gasteiger partial charge in [0.15, 0.2) is 0 Å². The first-order valence-electron chi connectivity index (χ1n) is 7.98. The van der Waals surface area contributed by atoms with E-state index in [1.165, 1.54) is 14.0 Å². The molecule has 1 rings (SSSR count). The molecule has 4 N–H and O–H groups in total. The zero-order valence-corrected chi connectivity index (χ0v) is 16.0. The summed E-state index contributed by atoms with van der Waals surface area (Å²) in [6.07, 6.45) is -0.897. The van der Waals surface area contributed by atoms with Crippen LogP contribution in [0.3, 0.4) is 0 Å². The van der Waals surface area contributed by atoms with Crippen LogP contribution >= 0.6 is 8.09 Å². The van der Waals surface area contributed by atoms with Gasteiger partial charge in [-0.3, -0.25) is 0 Å². The van der Waals surface area contributed by atoms with Gasteiger partial charge in [-0.25, -0.2) is 0 Å². The number of hydrogen-bond donors (Lipinski definition) is 4. The predicted octanol–water partition coefficient (Wildman–Crippen LogP) is -0.765. The summed E-state index contributed by atoms with van der Waals surface area (Å²) in [5.74, 6) is -1.06. The molecule has 0 radical (unpaired) electrons. The Morgan fingerprint density at radius 1 is 1.24 bits per heavy atom. The Hall–Kier alpha value is -1.32. The normalized spacial score (nSPS) is 22.5. The van der Waals surface area contributed by atoms with Crippen LogP contribution in [-0.4, -0.2) is 62.1 Å². The second kappa shape index (κ2) is 9.40. The van der Waals surface area contributed by atoms with Gasteiger partial charge in [-0.05, 0) is 0 Å². The summed E-state index contributed by atoms with van der Waals surface area (Å²) in [6.45, 7) is 5.70. The van der Waals surface area contributed by atoms with Crippen molar-refractivity contribution in [2.24, 2.45) is 5.41 Å². The van der Waals surface area contributed by atoms with E-state index in [0.29, 0.717) is 0 Å². The Morgan fingerprint density at radius 3 is 2.52 bits per heavy atom. The number of carbonyl (C=O) groups is 3. The number of rotatable bonds is 8. The van der Waals surface area contributed by atoms with E-state index in [-0.39, 0.29) is 38.6 Å². The van der Waals surface area contributed by atoms with Gasteiger partial charge in [0, 0.05) is 0 Å². The Labute approximate surface area is 147 Å². The third kappa shape index (κ3) is 7.21. The molecule has 0 aromatic carbocycles. The molecule has 10 nitrogen and oxygen atoms in total. The van der Waals surface area contributed by atoms with Crippen LogP contribution in [0.25, 0.3) is 0 Å². The molecule has 11 heteroatoms. The third-order valence-corrected chi connectivity index (χ3v) is 5.36. The zero-order chi connectivity index (χ0) is 19.1. The molecular formula is C14H28N3O7P. The Morgan fingerprint density at radius 2 is 1.92 bits per heavy atom. The van der Waals surface area contributed by atoms with Crippen LogP contribution in [-0.2, 0) is 28.2 Å². The Kier molecular flexibility index (Phi) is 8.17. The number of amides is 2. The molecule has 0 aliphatic carbocycles. The molecule has 0 bridgehead atoms. The Balaban J connectivity index is 2.58. The third-order valence-electron chi connectivity index (χ3n) is 3.57. The molecule has 1 saturated heterocycles. The molecule has 1 fully saturated rings. The summed E-state index contributed by atoms with van der Waals surface area (Å²) in [4.78, 5) is 44.8. The van der Waals surface area contributed by atoms with Crippen LogP contribution in [0.5, 0.6) is 0 Å². The summed E-state index contributed by atoms with van der Waals surface area (Å²) in [7, 11) is -2.47. The van der Waals surface area contributed by atoms with Crippen molar-refractivity contribution in [3.63, 3.8) is 0 Å². The van der Waals surface area contributed by atoms with Gasteiger partial charge in [0.1, 0.15) is 0 Å². The molecule has 0 aromatic heterocycles. The molecule has 0 saturated carbocycles. The molecular weight excluding hydrogens is 353 g/mol. The molecule has 1 aliphatic rings. The van der Waals surface area contributed by atoms with Crippen LogP contribution in [0.4, 0.5) is 0 Å². The molecule has 2 amide bonds. The van der Waals surface area contributed by atoms with Crippen molar-refractivity contribution >= 4 is 25.9 Å². The second-order valence-electron chi connectivity index (χ2n) is 6.38. The molecule has 0 spiro atoms. The zero-order valence-electron chi connectivity index (χ0n) is 15.0. The number of methoxy groups -OCH3 is 1.